The molecule has 4 rings (SSSR count). The standard InChI is InChI=1S/C15H11NS/c1-3-7-13-10(5-1)12-9-17-14-8-4-2-6-11(14)15(12)16-13/h1-8,15H,9H2/t15-/m0/s1. The molecule has 0 radical (unpaired) electrons. The Morgan fingerprint density at radius 1 is 1.00 bits per heavy atom. The molecule has 2 aliphatic rings. The van der Waals surface area contributed by atoms with Crippen molar-refractivity contribution >= 4 is 17.3 Å². The van der Waals surface area contributed by atoms with E-state index in [1.54, 1.807) is 0 Å². The zero-order valence-corrected chi connectivity index (χ0v) is 10.1. The van der Waals surface area contributed by atoms with E-state index >= 15 is 0 Å². The van der Waals surface area contributed by atoms with E-state index in [4.69, 9.17) is 4.99 Å². The predicted octanol–water partition coefficient (Wildman–Crippen LogP) is 2.32. The summed E-state index contributed by atoms with van der Waals surface area (Å²) in [5, 5.41) is 2.50. The van der Waals surface area contributed by atoms with E-state index in [0.717, 1.165) is 11.1 Å². The SMILES string of the molecule is c1ccc2c(c1)SCC1=c3ccccc3=N[C@H]12. The van der Waals surface area contributed by atoms with Gasteiger partial charge < -0.3 is 0 Å². The second-order valence-electron chi connectivity index (χ2n) is 4.40. The second-order valence-corrected chi connectivity index (χ2v) is 5.42. The van der Waals surface area contributed by atoms with Gasteiger partial charge in [0.15, 0.2) is 0 Å². The molecule has 0 saturated carbocycles. The molecule has 0 amide bonds. The molecular weight excluding hydrogens is 226 g/mol. The lowest BCUT2D eigenvalue weighted by molar-refractivity contribution is 0.880. The number of benzene rings is 2. The summed E-state index contributed by atoms with van der Waals surface area (Å²) in [5.41, 5.74) is 2.85. The van der Waals surface area contributed by atoms with Crippen LogP contribution in [0.4, 0.5) is 0 Å². The first-order valence-corrected chi connectivity index (χ1v) is 6.80. The molecule has 2 aromatic rings. The highest BCUT2D eigenvalue weighted by atomic mass is 32.2. The van der Waals surface area contributed by atoms with E-state index in [0.29, 0.717) is 0 Å². The smallest absolute Gasteiger partial charge is 0.0995 e. The fourth-order valence-corrected chi connectivity index (χ4v) is 3.77. The van der Waals surface area contributed by atoms with Crippen LogP contribution in [0.3, 0.4) is 0 Å². The molecule has 0 fully saturated rings. The maximum atomic E-state index is 4.86. The van der Waals surface area contributed by atoms with Crippen LogP contribution in [0.15, 0.2) is 58.4 Å². The van der Waals surface area contributed by atoms with Gasteiger partial charge in [-0.3, -0.25) is 4.99 Å². The van der Waals surface area contributed by atoms with Gasteiger partial charge in [-0.15, -0.1) is 11.8 Å². The third kappa shape index (κ3) is 1.31. The van der Waals surface area contributed by atoms with Crippen molar-refractivity contribution < 1.29 is 0 Å². The third-order valence-electron chi connectivity index (χ3n) is 3.45. The maximum Gasteiger partial charge on any atom is 0.0995 e. The Bertz CT molecular complexity index is 718. The van der Waals surface area contributed by atoms with Crippen molar-refractivity contribution in [3.8, 4) is 0 Å². The fraction of sp³-hybridized carbons (Fsp3) is 0.133. The minimum Gasteiger partial charge on any atom is -0.272 e. The summed E-state index contributed by atoms with van der Waals surface area (Å²) in [7, 11) is 0. The topological polar surface area (TPSA) is 12.4 Å². The first-order valence-electron chi connectivity index (χ1n) is 5.81. The molecule has 1 nitrogen and oxygen atoms in total. The van der Waals surface area contributed by atoms with Gasteiger partial charge >= 0.3 is 0 Å². The Kier molecular flexibility index (Phi) is 1.94. The minimum absolute atomic E-state index is 0.268. The van der Waals surface area contributed by atoms with Gasteiger partial charge in [0.1, 0.15) is 0 Å². The lowest BCUT2D eigenvalue weighted by atomic mass is 10.00. The molecule has 82 valence electrons. The molecule has 17 heavy (non-hydrogen) atoms. The number of thioether (sulfide) groups is 1. The molecule has 0 aliphatic carbocycles. The molecule has 2 aromatic carbocycles. The summed E-state index contributed by atoms with van der Waals surface area (Å²) < 4.78 is 0. The van der Waals surface area contributed by atoms with Crippen LogP contribution in [-0.2, 0) is 0 Å². The predicted molar refractivity (Wildman–Crippen MR) is 70.5 cm³/mol. The summed E-state index contributed by atoms with van der Waals surface area (Å²) in [6, 6.07) is 17.4. The number of hydrogen-bond donors (Lipinski definition) is 0. The van der Waals surface area contributed by atoms with Gasteiger partial charge in [-0.2, -0.15) is 0 Å². The highest BCUT2D eigenvalue weighted by molar-refractivity contribution is 7.99. The van der Waals surface area contributed by atoms with Gasteiger partial charge in [0.2, 0.25) is 0 Å². The van der Waals surface area contributed by atoms with Gasteiger partial charge in [0.05, 0.1) is 11.4 Å². The maximum absolute atomic E-state index is 4.86. The number of hydrogen-bond acceptors (Lipinski definition) is 2. The molecule has 0 bridgehead atoms. The molecule has 0 saturated heterocycles. The molecule has 0 N–H and O–H groups in total. The zero-order valence-electron chi connectivity index (χ0n) is 9.26. The third-order valence-corrected chi connectivity index (χ3v) is 4.58. The summed E-state index contributed by atoms with van der Waals surface area (Å²) in [5.74, 6) is 1.07. The quantitative estimate of drug-likeness (QED) is 0.685. The fourth-order valence-electron chi connectivity index (χ4n) is 2.63. The molecule has 2 heteroatoms. The molecule has 2 aliphatic heterocycles. The summed E-state index contributed by atoms with van der Waals surface area (Å²) in [4.78, 5) is 6.25. The van der Waals surface area contributed by atoms with Crippen LogP contribution in [0.25, 0.3) is 5.57 Å². The Balaban J connectivity index is 2.04. The van der Waals surface area contributed by atoms with Crippen LogP contribution in [-0.4, -0.2) is 5.75 Å². The van der Waals surface area contributed by atoms with Crippen LogP contribution in [0, 0.1) is 0 Å². The van der Waals surface area contributed by atoms with Crippen molar-refractivity contribution in [3.63, 3.8) is 0 Å². The van der Waals surface area contributed by atoms with Gasteiger partial charge in [-0.25, -0.2) is 0 Å². The molecule has 1 atom stereocenters. The Hall–Kier alpha value is -1.54. The van der Waals surface area contributed by atoms with Crippen molar-refractivity contribution in [1.82, 2.24) is 0 Å². The van der Waals surface area contributed by atoms with Crippen molar-refractivity contribution in [2.45, 2.75) is 10.9 Å². The first-order chi connectivity index (χ1) is 8.43. The molecule has 0 spiro atoms. The van der Waals surface area contributed by atoms with Crippen LogP contribution >= 0.6 is 11.8 Å². The summed E-state index contributed by atoms with van der Waals surface area (Å²) in [6.45, 7) is 0. The van der Waals surface area contributed by atoms with Crippen LogP contribution < -0.4 is 10.6 Å². The number of para-hydroxylation sites is 1. The Labute approximate surface area is 104 Å². The van der Waals surface area contributed by atoms with Gasteiger partial charge in [0, 0.05) is 15.9 Å². The highest BCUT2D eigenvalue weighted by Gasteiger charge is 2.27. The molecule has 0 aromatic heterocycles. The van der Waals surface area contributed by atoms with E-state index < -0.39 is 0 Å². The number of rotatable bonds is 0. The molecule has 2 heterocycles. The average Bonchev–Trinajstić information content (AvgIpc) is 2.78. The monoisotopic (exact) mass is 237 g/mol. The Morgan fingerprint density at radius 3 is 2.82 bits per heavy atom. The first kappa shape index (κ1) is 9.49. The molecule has 0 unspecified atom stereocenters. The van der Waals surface area contributed by atoms with Crippen LogP contribution in [0.1, 0.15) is 11.6 Å². The van der Waals surface area contributed by atoms with Crippen molar-refractivity contribution in [1.29, 1.82) is 0 Å². The largest absolute Gasteiger partial charge is 0.272 e. The van der Waals surface area contributed by atoms with E-state index in [1.165, 1.54) is 21.3 Å². The average molecular weight is 237 g/mol. The second kappa shape index (κ2) is 3.47. The lowest BCUT2D eigenvalue weighted by Gasteiger charge is -2.22. The van der Waals surface area contributed by atoms with Crippen LogP contribution in [0.5, 0.6) is 0 Å². The normalized spacial score (nSPS) is 20.2. The highest BCUT2D eigenvalue weighted by Crippen LogP contribution is 2.42. The van der Waals surface area contributed by atoms with Crippen molar-refractivity contribution in [2.24, 2.45) is 4.99 Å². The summed E-state index contributed by atoms with van der Waals surface area (Å²) in [6.07, 6.45) is 0. The van der Waals surface area contributed by atoms with E-state index in [1.807, 2.05) is 11.8 Å². The van der Waals surface area contributed by atoms with Gasteiger partial charge in [0.25, 0.3) is 0 Å². The minimum atomic E-state index is 0.268. The number of nitrogens with zero attached hydrogens (tertiary/aromatic N) is 1. The van der Waals surface area contributed by atoms with Crippen molar-refractivity contribution in [3.05, 3.63) is 64.7 Å². The van der Waals surface area contributed by atoms with Gasteiger partial charge in [-0.1, -0.05) is 36.4 Å². The number of fused-ring (bicyclic) bond motifs is 4. The van der Waals surface area contributed by atoms with E-state index in [2.05, 4.69) is 48.5 Å². The molecular formula is C15H11NS. The van der Waals surface area contributed by atoms with E-state index in [-0.39, 0.29) is 6.04 Å². The van der Waals surface area contributed by atoms with Gasteiger partial charge in [-0.05, 0) is 23.3 Å². The zero-order chi connectivity index (χ0) is 11.2. The lowest BCUT2D eigenvalue weighted by Crippen LogP contribution is -2.23. The van der Waals surface area contributed by atoms with Crippen LogP contribution in [0.2, 0.25) is 0 Å². The Morgan fingerprint density at radius 2 is 1.82 bits per heavy atom. The van der Waals surface area contributed by atoms with E-state index in [9.17, 15) is 0 Å². The summed E-state index contributed by atoms with van der Waals surface area (Å²) >= 11 is 1.93. The van der Waals surface area contributed by atoms with Crippen molar-refractivity contribution in [2.75, 3.05) is 5.75 Å².